The van der Waals surface area contributed by atoms with Crippen molar-refractivity contribution in [2.24, 2.45) is 11.7 Å². The maximum absolute atomic E-state index is 13.9. The lowest BCUT2D eigenvalue weighted by atomic mass is 9.85. The molecule has 10 nitrogen and oxygen atoms in total. The molecule has 1 saturated heterocycles. The van der Waals surface area contributed by atoms with E-state index in [1.165, 1.54) is 6.20 Å². The Bertz CT molecular complexity index is 1490. The van der Waals surface area contributed by atoms with Crippen LogP contribution in [0.5, 0.6) is 5.75 Å². The Balaban J connectivity index is 1.68. The number of pyridine rings is 1. The van der Waals surface area contributed by atoms with Crippen molar-refractivity contribution in [2.75, 3.05) is 20.2 Å². The molecule has 10 heteroatoms. The number of hydrogen-bond donors (Lipinski definition) is 2. The van der Waals surface area contributed by atoms with Crippen LogP contribution in [0.1, 0.15) is 59.7 Å². The topological polar surface area (TPSA) is 132 Å². The predicted octanol–water partition coefficient (Wildman–Crippen LogP) is 2.82. The number of piperazine rings is 1. The molecule has 3 heterocycles. The number of carbonyl (C=O) groups excluding carboxylic acids is 3. The third-order valence-electron chi connectivity index (χ3n) is 7.55. The molecule has 0 spiro atoms. The van der Waals surface area contributed by atoms with Gasteiger partial charge in [-0.1, -0.05) is 13.8 Å². The molecule has 1 aliphatic heterocycles. The van der Waals surface area contributed by atoms with Crippen LogP contribution >= 0.6 is 0 Å². The molecule has 204 valence electrons. The molecule has 1 fully saturated rings. The Morgan fingerprint density at radius 1 is 1.15 bits per heavy atom. The molecule has 3 N–H and O–H groups in total. The Hall–Kier alpha value is -4.21. The summed E-state index contributed by atoms with van der Waals surface area (Å²) >= 11 is 0. The highest BCUT2D eigenvalue weighted by atomic mass is 16.5. The molecular formula is C29H34N6O4. The Morgan fingerprint density at radius 2 is 1.92 bits per heavy atom. The molecule has 0 radical (unpaired) electrons. The fourth-order valence-electron chi connectivity index (χ4n) is 5.50. The van der Waals surface area contributed by atoms with E-state index in [4.69, 9.17) is 15.6 Å². The van der Waals surface area contributed by atoms with Crippen LogP contribution in [-0.2, 0) is 24.2 Å². The highest BCUT2D eigenvalue weighted by molar-refractivity contribution is 6.01. The van der Waals surface area contributed by atoms with Gasteiger partial charge < -0.3 is 20.7 Å². The number of carbonyl (C=O) groups is 3. The number of aromatic nitrogens is 3. The first-order valence-corrected chi connectivity index (χ1v) is 13.2. The smallest absolute Gasteiger partial charge is 0.275 e. The molecular weight excluding hydrogens is 496 g/mol. The van der Waals surface area contributed by atoms with Crippen molar-refractivity contribution in [3.63, 3.8) is 0 Å². The van der Waals surface area contributed by atoms with Crippen LogP contribution in [0.4, 0.5) is 0 Å². The number of hydrogen-bond acceptors (Lipinski definition) is 6. The lowest BCUT2D eigenvalue weighted by Gasteiger charge is -2.40. The van der Waals surface area contributed by atoms with Gasteiger partial charge in [-0.15, -0.1) is 0 Å². The quantitative estimate of drug-likeness (QED) is 0.504. The number of ether oxygens (including phenoxy) is 1. The van der Waals surface area contributed by atoms with E-state index in [0.717, 1.165) is 27.9 Å². The van der Waals surface area contributed by atoms with Crippen LogP contribution in [0.2, 0.25) is 0 Å². The van der Waals surface area contributed by atoms with Crippen molar-refractivity contribution in [3.05, 3.63) is 53.0 Å². The first kappa shape index (κ1) is 26.4. The summed E-state index contributed by atoms with van der Waals surface area (Å²) in [6.45, 7) is 9.20. The van der Waals surface area contributed by atoms with Gasteiger partial charge in [0.25, 0.3) is 5.91 Å². The molecule has 5 rings (SSSR count). The molecule has 3 amide bonds. The van der Waals surface area contributed by atoms with Gasteiger partial charge in [0.2, 0.25) is 11.8 Å². The highest BCUT2D eigenvalue weighted by Crippen LogP contribution is 2.42. The minimum absolute atomic E-state index is 0.175. The zero-order chi connectivity index (χ0) is 28.1. The minimum Gasteiger partial charge on any atom is -0.496 e. The molecule has 0 unspecified atom stereocenters. The molecule has 0 atom stereocenters. The van der Waals surface area contributed by atoms with Gasteiger partial charge in [0.15, 0.2) is 5.69 Å². The summed E-state index contributed by atoms with van der Waals surface area (Å²) in [5, 5.41) is 7.72. The number of aryl methyl sites for hydroxylation is 1. The number of nitrogens with two attached hydrogens (primary N) is 1. The van der Waals surface area contributed by atoms with Gasteiger partial charge in [-0.25, -0.2) is 0 Å². The largest absolute Gasteiger partial charge is 0.496 e. The van der Waals surface area contributed by atoms with Crippen molar-refractivity contribution < 1.29 is 19.1 Å². The summed E-state index contributed by atoms with van der Waals surface area (Å²) in [4.78, 5) is 44.2. The molecule has 1 aliphatic carbocycles. The second-order valence-corrected chi connectivity index (χ2v) is 11.1. The summed E-state index contributed by atoms with van der Waals surface area (Å²) in [5.41, 5.74) is 10.5. The summed E-state index contributed by atoms with van der Waals surface area (Å²) in [6, 6.07) is 5.74. The molecule has 3 aromatic rings. The summed E-state index contributed by atoms with van der Waals surface area (Å²) in [7, 11) is 1.61. The average Bonchev–Trinajstić information content (AvgIpc) is 3.27. The Kier molecular flexibility index (Phi) is 6.65. The van der Waals surface area contributed by atoms with Gasteiger partial charge >= 0.3 is 0 Å². The van der Waals surface area contributed by atoms with Crippen LogP contribution in [0.15, 0.2) is 30.6 Å². The van der Waals surface area contributed by atoms with Gasteiger partial charge in [-0.2, -0.15) is 5.10 Å². The third-order valence-corrected chi connectivity index (χ3v) is 7.55. The molecule has 2 aliphatic rings. The van der Waals surface area contributed by atoms with Gasteiger partial charge in [0.05, 0.1) is 18.4 Å². The number of rotatable bonds is 6. The Labute approximate surface area is 227 Å². The van der Waals surface area contributed by atoms with Crippen molar-refractivity contribution in [3.8, 4) is 28.1 Å². The van der Waals surface area contributed by atoms with E-state index >= 15 is 0 Å². The number of methoxy groups -OCH3 is 1. The minimum atomic E-state index is -0.977. The predicted molar refractivity (Wildman–Crippen MR) is 146 cm³/mol. The average molecular weight is 531 g/mol. The van der Waals surface area contributed by atoms with Crippen molar-refractivity contribution >= 4 is 17.7 Å². The van der Waals surface area contributed by atoms with E-state index < -0.39 is 11.4 Å². The number of primary amides is 1. The number of nitrogens with zero attached hydrogens (tertiary/aromatic N) is 4. The van der Waals surface area contributed by atoms with Crippen LogP contribution in [-0.4, -0.2) is 63.1 Å². The maximum atomic E-state index is 13.9. The molecule has 0 bridgehead atoms. The van der Waals surface area contributed by atoms with E-state index in [-0.39, 0.29) is 17.7 Å². The van der Waals surface area contributed by atoms with E-state index in [2.05, 4.69) is 24.1 Å². The lowest BCUT2D eigenvalue weighted by molar-refractivity contribution is -0.133. The normalized spacial score (nSPS) is 15.9. The Morgan fingerprint density at radius 3 is 2.62 bits per heavy atom. The van der Waals surface area contributed by atoms with Crippen LogP contribution < -0.4 is 15.8 Å². The molecule has 2 aromatic heterocycles. The van der Waals surface area contributed by atoms with E-state index in [1.807, 2.05) is 16.8 Å². The number of nitrogens with one attached hydrogen (secondary N) is 1. The van der Waals surface area contributed by atoms with E-state index in [0.29, 0.717) is 55.0 Å². The number of benzene rings is 1. The van der Waals surface area contributed by atoms with Crippen LogP contribution in [0, 0.1) is 5.92 Å². The van der Waals surface area contributed by atoms with Crippen molar-refractivity contribution in [2.45, 2.75) is 52.6 Å². The maximum Gasteiger partial charge on any atom is 0.275 e. The molecule has 0 saturated carbocycles. The summed E-state index contributed by atoms with van der Waals surface area (Å²) < 4.78 is 7.67. The van der Waals surface area contributed by atoms with Crippen molar-refractivity contribution in [1.82, 2.24) is 25.0 Å². The highest BCUT2D eigenvalue weighted by Gasteiger charge is 2.43. The number of fused-ring (bicyclic) bond motifs is 3. The second kappa shape index (κ2) is 9.83. The zero-order valence-electron chi connectivity index (χ0n) is 23.0. The van der Waals surface area contributed by atoms with Crippen LogP contribution in [0.25, 0.3) is 22.4 Å². The summed E-state index contributed by atoms with van der Waals surface area (Å²) in [6.07, 6.45) is 4.45. The van der Waals surface area contributed by atoms with Crippen LogP contribution in [0.3, 0.4) is 0 Å². The standard InChI is InChI=1S/C29H34N6O4/c1-16(2)15-35-25-20(24(33-35)27(37)34-9-8-32-28(38)29(34,3)4)7-6-17-11-23(39-5)21(12-22(17)25)18-10-19(26(30)36)14-31-13-18/h10-14,16H,6-9,15H2,1-5H3,(H2,30,36)(H,32,38). The lowest BCUT2D eigenvalue weighted by Crippen LogP contribution is -2.63. The van der Waals surface area contributed by atoms with Gasteiger partial charge in [-0.3, -0.25) is 24.0 Å². The second-order valence-electron chi connectivity index (χ2n) is 11.1. The zero-order valence-corrected chi connectivity index (χ0v) is 23.0. The monoisotopic (exact) mass is 530 g/mol. The van der Waals surface area contributed by atoms with E-state index in [9.17, 15) is 14.4 Å². The number of amides is 3. The third kappa shape index (κ3) is 4.53. The molecule has 39 heavy (non-hydrogen) atoms. The fraction of sp³-hybridized carbons (Fsp3) is 0.414. The summed E-state index contributed by atoms with van der Waals surface area (Å²) in [5.74, 6) is -0.0201. The first-order valence-electron chi connectivity index (χ1n) is 13.2. The van der Waals surface area contributed by atoms with Gasteiger partial charge in [0.1, 0.15) is 11.3 Å². The van der Waals surface area contributed by atoms with E-state index in [1.54, 1.807) is 38.1 Å². The fourth-order valence-corrected chi connectivity index (χ4v) is 5.50. The van der Waals surface area contributed by atoms with Crippen molar-refractivity contribution in [1.29, 1.82) is 0 Å². The van der Waals surface area contributed by atoms with Gasteiger partial charge in [0, 0.05) is 54.3 Å². The first-order chi connectivity index (χ1) is 18.5. The SMILES string of the molecule is COc1cc2c(cc1-c1cncc(C(N)=O)c1)-c1c(c(C(=O)N3CCNC(=O)C3(C)C)nn1CC(C)C)CC2. The van der Waals surface area contributed by atoms with Gasteiger partial charge in [-0.05, 0) is 56.4 Å². The molecule has 1 aromatic carbocycles.